The Balaban J connectivity index is 1.62. The van der Waals surface area contributed by atoms with Gasteiger partial charge in [-0.2, -0.15) is 0 Å². The highest BCUT2D eigenvalue weighted by Gasteiger charge is 2.68. The molecule has 0 saturated heterocycles. The summed E-state index contributed by atoms with van der Waals surface area (Å²) in [5.74, 6) is 7.45. The number of terminal acetylenes is 2. The van der Waals surface area contributed by atoms with Crippen molar-refractivity contribution in [3.63, 3.8) is 0 Å². The van der Waals surface area contributed by atoms with Crippen molar-refractivity contribution in [1.29, 1.82) is 0 Å². The van der Waals surface area contributed by atoms with Gasteiger partial charge in [0, 0.05) is 31.1 Å². The maximum absolute atomic E-state index is 12.3. The van der Waals surface area contributed by atoms with Gasteiger partial charge in [0.15, 0.2) is 11.2 Å². The topological polar surface area (TPSA) is 52.6 Å². The summed E-state index contributed by atoms with van der Waals surface area (Å²) in [5.41, 5.74) is -1.68. The minimum atomic E-state index is -0.789. The third-order valence-electron chi connectivity index (χ3n) is 10.1. The van der Waals surface area contributed by atoms with Gasteiger partial charge >= 0.3 is 11.9 Å². The molecule has 0 bridgehead atoms. The highest BCUT2D eigenvalue weighted by atomic mass is 16.6. The van der Waals surface area contributed by atoms with Gasteiger partial charge < -0.3 is 9.47 Å². The molecule has 4 aliphatic rings. The van der Waals surface area contributed by atoms with Crippen LogP contribution in [0.5, 0.6) is 0 Å². The number of hydrogen-bond donors (Lipinski definition) is 0. The molecule has 4 rings (SSSR count). The van der Waals surface area contributed by atoms with Gasteiger partial charge in [-0.25, -0.2) is 0 Å². The lowest BCUT2D eigenvalue weighted by molar-refractivity contribution is -0.174. The van der Waals surface area contributed by atoms with Crippen molar-refractivity contribution >= 4 is 11.9 Å². The van der Waals surface area contributed by atoms with E-state index in [4.69, 9.17) is 22.3 Å². The standard InChI is InChI=1S/C28H38O4/c1-7-23(29)31-27(9-3)17-19-11-12-20-21(25(19,5)18-27)13-15-26(6)22(20)14-16-28(26,10-4)32-24(30)8-2/h3-4,19-22H,7-8,11-18H2,1-2,5-6H3/t19?,20?,21?,22?,25-,26-,27-,28-/m0/s1. The van der Waals surface area contributed by atoms with Crippen LogP contribution < -0.4 is 0 Å². The summed E-state index contributed by atoms with van der Waals surface area (Å²) in [4.78, 5) is 24.4. The predicted octanol–water partition coefficient (Wildman–Crippen LogP) is 5.29. The monoisotopic (exact) mass is 438 g/mol. The molecular formula is C28H38O4. The fraction of sp³-hybridized carbons (Fsp3) is 0.786. The molecule has 0 aliphatic heterocycles. The first-order valence-electron chi connectivity index (χ1n) is 12.5. The Labute approximate surface area is 193 Å². The summed E-state index contributed by atoms with van der Waals surface area (Å²) >= 11 is 0. The van der Waals surface area contributed by atoms with Gasteiger partial charge in [-0.1, -0.05) is 39.5 Å². The van der Waals surface area contributed by atoms with E-state index >= 15 is 0 Å². The third-order valence-corrected chi connectivity index (χ3v) is 10.1. The van der Waals surface area contributed by atoms with Gasteiger partial charge in [0.25, 0.3) is 0 Å². The summed E-state index contributed by atoms with van der Waals surface area (Å²) in [6.45, 7) is 8.29. The van der Waals surface area contributed by atoms with Crippen LogP contribution in [0.2, 0.25) is 0 Å². The van der Waals surface area contributed by atoms with Crippen LogP contribution in [-0.4, -0.2) is 23.1 Å². The highest BCUT2D eigenvalue weighted by Crippen LogP contribution is 2.70. The van der Waals surface area contributed by atoms with E-state index in [0.29, 0.717) is 36.5 Å². The maximum atomic E-state index is 12.3. The average molecular weight is 439 g/mol. The molecule has 4 saturated carbocycles. The first-order chi connectivity index (χ1) is 15.1. The fourth-order valence-electron chi connectivity index (χ4n) is 8.44. The molecule has 0 amide bonds. The molecular weight excluding hydrogens is 400 g/mol. The summed E-state index contributed by atoms with van der Waals surface area (Å²) in [6.07, 6.45) is 20.3. The summed E-state index contributed by atoms with van der Waals surface area (Å²) in [5, 5.41) is 0. The molecule has 0 radical (unpaired) electrons. The summed E-state index contributed by atoms with van der Waals surface area (Å²) in [7, 11) is 0. The van der Waals surface area contributed by atoms with Crippen LogP contribution in [0, 0.1) is 59.2 Å². The Morgan fingerprint density at radius 2 is 1.56 bits per heavy atom. The van der Waals surface area contributed by atoms with Gasteiger partial charge in [0.05, 0.1) is 0 Å². The third kappa shape index (κ3) is 3.13. The molecule has 0 aromatic rings. The van der Waals surface area contributed by atoms with Crippen molar-refractivity contribution < 1.29 is 19.1 Å². The zero-order valence-electron chi connectivity index (χ0n) is 20.2. The zero-order chi connectivity index (χ0) is 23.4. The highest BCUT2D eigenvalue weighted by molar-refractivity contribution is 5.70. The van der Waals surface area contributed by atoms with Crippen LogP contribution in [0.25, 0.3) is 0 Å². The number of hydrogen-bond acceptors (Lipinski definition) is 4. The molecule has 4 unspecified atom stereocenters. The molecule has 32 heavy (non-hydrogen) atoms. The van der Waals surface area contributed by atoms with Crippen LogP contribution in [-0.2, 0) is 19.1 Å². The van der Waals surface area contributed by atoms with Crippen molar-refractivity contribution in [2.75, 3.05) is 0 Å². The molecule has 4 aliphatic carbocycles. The Kier molecular flexibility index (Phi) is 5.68. The minimum Gasteiger partial charge on any atom is -0.446 e. The van der Waals surface area contributed by atoms with Gasteiger partial charge in [0.2, 0.25) is 0 Å². The molecule has 174 valence electrons. The lowest BCUT2D eigenvalue weighted by Gasteiger charge is -2.58. The zero-order valence-corrected chi connectivity index (χ0v) is 20.2. The normalized spacial score (nSPS) is 46.7. The number of esters is 2. The molecule has 0 aromatic heterocycles. The van der Waals surface area contributed by atoms with Gasteiger partial charge in [-0.05, 0) is 67.6 Å². The van der Waals surface area contributed by atoms with Crippen molar-refractivity contribution in [2.24, 2.45) is 34.5 Å². The quantitative estimate of drug-likeness (QED) is 0.442. The van der Waals surface area contributed by atoms with E-state index in [1.54, 1.807) is 0 Å². The SMILES string of the molecule is C#C[C@]1(OC(=O)CC)CC2CCC3C(CC[C@@]4(C)C3CC[C@]4(C#C)OC(=O)CC)[C@@]2(C)C1. The molecule has 0 spiro atoms. The Morgan fingerprint density at radius 1 is 0.906 bits per heavy atom. The van der Waals surface area contributed by atoms with Crippen LogP contribution in [0.15, 0.2) is 0 Å². The second-order valence-corrected chi connectivity index (χ2v) is 11.3. The van der Waals surface area contributed by atoms with E-state index in [2.05, 4.69) is 25.7 Å². The van der Waals surface area contributed by atoms with E-state index in [9.17, 15) is 9.59 Å². The second-order valence-electron chi connectivity index (χ2n) is 11.3. The number of carbonyl (C=O) groups is 2. The molecule has 0 N–H and O–H groups in total. The lowest BCUT2D eigenvalue weighted by atomic mass is 9.47. The molecule has 0 aromatic carbocycles. The van der Waals surface area contributed by atoms with Crippen molar-refractivity contribution in [2.45, 2.75) is 103 Å². The van der Waals surface area contributed by atoms with E-state index in [0.717, 1.165) is 51.4 Å². The summed E-state index contributed by atoms with van der Waals surface area (Å²) < 4.78 is 11.9. The van der Waals surface area contributed by atoms with Crippen LogP contribution in [0.1, 0.15) is 91.9 Å². The van der Waals surface area contributed by atoms with Gasteiger partial charge in [-0.3, -0.25) is 9.59 Å². The van der Waals surface area contributed by atoms with E-state index in [1.807, 2.05) is 13.8 Å². The largest absolute Gasteiger partial charge is 0.446 e. The Hall–Kier alpha value is -1.94. The first kappa shape index (κ1) is 23.2. The van der Waals surface area contributed by atoms with E-state index < -0.39 is 11.2 Å². The fourth-order valence-corrected chi connectivity index (χ4v) is 8.44. The molecule has 4 fully saturated rings. The Bertz CT molecular complexity index is 879. The second kappa shape index (κ2) is 7.83. The minimum absolute atomic E-state index is 0.0616. The predicted molar refractivity (Wildman–Crippen MR) is 123 cm³/mol. The smallest absolute Gasteiger partial charge is 0.307 e. The van der Waals surface area contributed by atoms with E-state index in [1.165, 1.54) is 0 Å². The number of rotatable bonds is 4. The molecule has 8 atom stereocenters. The molecule has 4 nitrogen and oxygen atoms in total. The molecule has 0 heterocycles. The van der Waals surface area contributed by atoms with E-state index in [-0.39, 0.29) is 22.8 Å². The van der Waals surface area contributed by atoms with Crippen molar-refractivity contribution in [1.82, 2.24) is 0 Å². The van der Waals surface area contributed by atoms with Crippen LogP contribution in [0.3, 0.4) is 0 Å². The van der Waals surface area contributed by atoms with Crippen LogP contribution >= 0.6 is 0 Å². The molecule has 4 heteroatoms. The maximum Gasteiger partial charge on any atom is 0.307 e. The number of carbonyl (C=O) groups excluding carboxylic acids is 2. The van der Waals surface area contributed by atoms with Crippen molar-refractivity contribution in [3.05, 3.63) is 0 Å². The number of fused-ring (bicyclic) bond motifs is 5. The Morgan fingerprint density at radius 3 is 2.19 bits per heavy atom. The van der Waals surface area contributed by atoms with Crippen LogP contribution in [0.4, 0.5) is 0 Å². The van der Waals surface area contributed by atoms with Gasteiger partial charge in [0.1, 0.15) is 0 Å². The van der Waals surface area contributed by atoms with Gasteiger partial charge in [-0.15, -0.1) is 12.8 Å². The summed E-state index contributed by atoms with van der Waals surface area (Å²) in [6, 6.07) is 0. The first-order valence-corrected chi connectivity index (χ1v) is 12.5. The lowest BCUT2D eigenvalue weighted by Crippen LogP contribution is -2.55. The number of ether oxygens (including phenoxy) is 2. The average Bonchev–Trinajstić information content (AvgIpc) is 3.25. The van der Waals surface area contributed by atoms with Crippen molar-refractivity contribution in [3.8, 4) is 24.7 Å².